The fourth-order valence-electron chi connectivity index (χ4n) is 2.93. The Bertz CT molecular complexity index is 235. The van der Waals surface area contributed by atoms with Crippen LogP contribution in [0.15, 0.2) is 12.2 Å². The Labute approximate surface area is 145 Å². The molecule has 0 aliphatic heterocycles. The number of hydrogen-bond donors (Lipinski definition) is 2. The van der Waals surface area contributed by atoms with E-state index >= 15 is 0 Å². The fraction of sp³-hybridized carbons (Fsp3) is 0.900. The molecule has 0 aliphatic rings. The van der Waals surface area contributed by atoms with Gasteiger partial charge in [-0.15, -0.1) is 0 Å². The highest BCUT2D eigenvalue weighted by atomic mass is 15.1. The maximum atomic E-state index is 5.62. The summed E-state index contributed by atoms with van der Waals surface area (Å²) in [6.45, 7) is 6.89. The number of nitrogens with zero attached hydrogens (tertiary/aromatic N) is 1. The standard InChI is InChI=1S/C20H43N3/c1-2-3-4-5-6-7-8-9-10-11-12-13-14-15-18-23(19-16-21)20-17-22/h7-8H,2-6,9-22H2,1H3/b8-7+. The van der Waals surface area contributed by atoms with Gasteiger partial charge in [0.25, 0.3) is 0 Å². The number of allylic oxidation sites excluding steroid dienone is 2. The van der Waals surface area contributed by atoms with Crippen molar-refractivity contribution in [3.05, 3.63) is 12.2 Å². The molecular weight excluding hydrogens is 282 g/mol. The third kappa shape index (κ3) is 17.8. The summed E-state index contributed by atoms with van der Waals surface area (Å²) in [5.74, 6) is 0. The summed E-state index contributed by atoms with van der Waals surface area (Å²) in [6.07, 6.45) is 21.0. The molecule has 3 nitrogen and oxygen atoms in total. The normalized spacial score (nSPS) is 11.8. The molecule has 0 atom stereocenters. The lowest BCUT2D eigenvalue weighted by Gasteiger charge is -2.20. The summed E-state index contributed by atoms with van der Waals surface area (Å²) in [6, 6.07) is 0. The van der Waals surface area contributed by atoms with Crippen LogP contribution in [0, 0.1) is 0 Å². The fourth-order valence-corrected chi connectivity index (χ4v) is 2.93. The first-order chi connectivity index (χ1) is 11.3. The van der Waals surface area contributed by atoms with E-state index in [1.54, 1.807) is 0 Å². The van der Waals surface area contributed by atoms with Crippen LogP contribution in [-0.2, 0) is 0 Å². The van der Waals surface area contributed by atoms with E-state index < -0.39 is 0 Å². The summed E-state index contributed by atoms with van der Waals surface area (Å²) < 4.78 is 0. The van der Waals surface area contributed by atoms with Crippen molar-refractivity contribution < 1.29 is 0 Å². The van der Waals surface area contributed by atoms with E-state index in [0.717, 1.165) is 32.7 Å². The van der Waals surface area contributed by atoms with Gasteiger partial charge in [0.1, 0.15) is 0 Å². The molecule has 0 heterocycles. The van der Waals surface area contributed by atoms with Gasteiger partial charge in [-0.1, -0.05) is 64.0 Å². The molecule has 3 heteroatoms. The summed E-state index contributed by atoms with van der Waals surface area (Å²) in [7, 11) is 0. The smallest absolute Gasteiger partial charge is 0.0105 e. The van der Waals surface area contributed by atoms with Crippen LogP contribution < -0.4 is 11.5 Å². The molecule has 0 aromatic carbocycles. The lowest BCUT2D eigenvalue weighted by atomic mass is 10.1. The van der Waals surface area contributed by atoms with Crippen LogP contribution in [0.25, 0.3) is 0 Å². The predicted molar refractivity (Wildman–Crippen MR) is 105 cm³/mol. The number of hydrogen-bond acceptors (Lipinski definition) is 3. The minimum Gasteiger partial charge on any atom is -0.329 e. The van der Waals surface area contributed by atoms with Crippen molar-refractivity contribution in [3.63, 3.8) is 0 Å². The molecule has 0 radical (unpaired) electrons. The van der Waals surface area contributed by atoms with Crippen LogP contribution >= 0.6 is 0 Å². The van der Waals surface area contributed by atoms with Crippen LogP contribution in [-0.4, -0.2) is 37.6 Å². The highest BCUT2D eigenvalue weighted by Crippen LogP contribution is 2.09. The van der Waals surface area contributed by atoms with Crippen molar-refractivity contribution in [3.8, 4) is 0 Å². The molecular formula is C20H43N3. The van der Waals surface area contributed by atoms with Gasteiger partial charge in [0.2, 0.25) is 0 Å². The molecule has 23 heavy (non-hydrogen) atoms. The average Bonchev–Trinajstić information content (AvgIpc) is 2.55. The lowest BCUT2D eigenvalue weighted by Crippen LogP contribution is -2.34. The maximum Gasteiger partial charge on any atom is 0.0105 e. The first kappa shape index (κ1) is 22.6. The molecule has 0 aliphatic carbocycles. The van der Waals surface area contributed by atoms with Crippen molar-refractivity contribution in [2.45, 2.75) is 84.0 Å². The molecule has 0 fully saturated rings. The number of unbranched alkanes of at least 4 members (excludes halogenated alkanes) is 10. The average molecular weight is 326 g/mol. The quantitative estimate of drug-likeness (QED) is 0.289. The van der Waals surface area contributed by atoms with Gasteiger partial charge in [0.15, 0.2) is 0 Å². The minimum atomic E-state index is 0.742. The van der Waals surface area contributed by atoms with Crippen LogP contribution in [0.2, 0.25) is 0 Å². The van der Waals surface area contributed by atoms with E-state index in [2.05, 4.69) is 24.0 Å². The molecule has 0 saturated heterocycles. The Hall–Kier alpha value is -0.380. The Morgan fingerprint density at radius 3 is 1.61 bits per heavy atom. The number of nitrogens with two attached hydrogens (primary N) is 2. The second-order valence-electron chi connectivity index (χ2n) is 6.65. The van der Waals surface area contributed by atoms with Crippen molar-refractivity contribution in [2.24, 2.45) is 11.5 Å². The molecule has 0 aromatic rings. The van der Waals surface area contributed by atoms with Crippen LogP contribution in [0.1, 0.15) is 84.0 Å². The van der Waals surface area contributed by atoms with E-state index in [9.17, 15) is 0 Å². The van der Waals surface area contributed by atoms with E-state index in [4.69, 9.17) is 11.5 Å². The van der Waals surface area contributed by atoms with Gasteiger partial charge in [0.05, 0.1) is 0 Å². The van der Waals surface area contributed by atoms with E-state index in [0.29, 0.717) is 0 Å². The summed E-state index contributed by atoms with van der Waals surface area (Å²) in [5, 5.41) is 0. The zero-order valence-electron chi connectivity index (χ0n) is 15.8. The monoisotopic (exact) mass is 325 g/mol. The highest BCUT2D eigenvalue weighted by molar-refractivity contribution is 4.81. The molecule has 138 valence electrons. The van der Waals surface area contributed by atoms with E-state index in [1.807, 2.05) is 0 Å². The van der Waals surface area contributed by atoms with Crippen molar-refractivity contribution in [2.75, 3.05) is 32.7 Å². The van der Waals surface area contributed by atoms with E-state index in [-0.39, 0.29) is 0 Å². The Balaban J connectivity index is 3.25. The molecule has 0 unspecified atom stereocenters. The molecule has 0 spiro atoms. The summed E-state index contributed by atoms with van der Waals surface area (Å²) in [5.41, 5.74) is 11.2. The second kappa shape index (κ2) is 19.7. The van der Waals surface area contributed by atoms with Crippen molar-refractivity contribution >= 4 is 0 Å². The SMILES string of the molecule is CCCCCC/C=C/CCCCCCCCN(CCN)CCN. The molecule has 0 amide bonds. The van der Waals surface area contributed by atoms with Gasteiger partial charge in [0, 0.05) is 26.2 Å². The second-order valence-corrected chi connectivity index (χ2v) is 6.65. The Morgan fingerprint density at radius 1 is 0.609 bits per heavy atom. The molecule has 0 aromatic heterocycles. The third-order valence-corrected chi connectivity index (χ3v) is 4.38. The van der Waals surface area contributed by atoms with Gasteiger partial charge in [-0.3, -0.25) is 0 Å². The van der Waals surface area contributed by atoms with Crippen LogP contribution in [0.5, 0.6) is 0 Å². The lowest BCUT2D eigenvalue weighted by molar-refractivity contribution is 0.281. The largest absolute Gasteiger partial charge is 0.329 e. The topological polar surface area (TPSA) is 55.3 Å². The zero-order chi connectivity index (χ0) is 17.0. The zero-order valence-corrected chi connectivity index (χ0v) is 15.8. The van der Waals surface area contributed by atoms with Gasteiger partial charge in [-0.25, -0.2) is 0 Å². The van der Waals surface area contributed by atoms with Gasteiger partial charge in [-0.2, -0.15) is 0 Å². The Morgan fingerprint density at radius 2 is 1.09 bits per heavy atom. The molecule has 0 rings (SSSR count). The van der Waals surface area contributed by atoms with Gasteiger partial charge < -0.3 is 16.4 Å². The predicted octanol–water partition coefficient (Wildman–Crippen LogP) is 4.46. The van der Waals surface area contributed by atoms with Gasteiger partial charge in [-0.05, 0) is 38.6 Å². The van der Waals surface area contributed by atoms with E-state index in [1.165, 1.54) is 77.0 Å². The minimum absolute atomic E-state index is 0.742. The Kier molecular flexibility index (Phi) is 19.3. The maximum absolute atomic E-state index is 5.62. The van der Waals surface area contributed by atoms with Crippen LogP contribution in [0.4, 0.5) is 0 Å². The third-order valence-electron chi connectivity index (χ3n) is 4.38. The first-order valence-electron chi connectivity index (χ1n) is 10.1. The summed E-state index contributed by atoms with van der Waals surface area (Å²) in [4.78, 5) is 2.39. The molecule has 4 N–H and O–H groups in total. The van der Waals surface area contributed by atoms with Gasteiger partial charge >= 0.3 is 0 Å². The highest BCUT2D eigenvalue weighted by Gasteiger charge is 2.01. The van der Waals surface area contributed by atoms with Crippen molar-refractivity contribution in [1.29, 1.82) is 0 Å². The van der Waals surface area contributed by atoms with Crippen LogP contribution in [0.3, 0.4) is 0 Å². The molecule has 0 bridgehead atoms. The molecule has 0 saturated carbocycles. The summed E-state index contributed by atoms with van der Waals surface area (Å²) >= 11 is 0. The van der Waals surface area contributed by atoms with Crippen molar-refractivity contribution in [1.82, 2.24) is 4.90 Å². The number of rotatable bonds is 18. The first-order valence-corrected chi connectivity index (χ1v) is 10.1.